The second-order valence-corrected chi connectivity index (χ2v) is 4.47. The zero-order valence-electron chi connectivity index (χ0n) is 8.55. The van der Waals surface area contributed by atoms with E-state index in [1.165, 1.54) is 11.1 Å². The van der Waals surface area contributed by atoms with E-state index in [1.54, 1.807) is 0 Å². The molecule has 0 aliphatic carbocycles. The molecule has 0 radical (unpaired) electrons. The van der Waals surface area contributed by atoms with E-state index in [0.29, 0.717) is 5.92 Å². The summed E-state index contributed by atoms with van der Waals surface area (Å²) in [7, 11) is 0. The Hall–Kier alpha value is -0.490. The molecular formula is C12H17Cl. The Bertz CT molecular complexity index is 266. The first-order valence-corrected chi connectivity index (χ1v) is 5.23. The van der Waals surface area contributed by atoms with E-state index in [-0.39, 0.29) is 5.38 Å². The quantitative estimate of drug-likeness (QED) is 0.646. The van der Waals surface area contributed by atoms with Gasteiger partial charge in [0.05, 0.1) is 0 Å². The molecule has 1 aromatic rings. The molecule has 0 spiro atoms. The molecule has 1 aromatic carbocycles. The van der Waals surface area contributed by atoms with Gasteiger partial charge in [0, 0.05) is 5.38 Å². The third-order valence-corrected chi connectivity index (χ3v) is 3.02. The maximum absolute atomic E-state index is 6.03. The average Bonchev–Trinajstić information content (AvgIpc) is 2.08. The molecule has 0 fully saturated rings. The van der Waals surface area contributed by atoms with Gasteiger partial charge < -0.3 is 0 Å². The molecule has 0 saturated carbocycles. The summed E-state index contributed by atoms with van der Waals surface area (Å²) in [6, 6.07) is 8.51. The van der Waals surface area contributed by atoms with Gasteiger partial charge in [0.25, 0.3) is 0 Å². The van der Waals surface area contributed by atoms with Gasteiger partial charge in [-0.2, -0.15) is 0 Å². The molecule has 0 aliphatic heterocycles. The van der Waals surface area contributed by atoms with Gasteiger partial charge in [0.1, 0.15) is 0 Å². The maximum atomic E-state index is 6.03. The Labute approximate surface area is 85.9 Å². The van der Waals surface area contributed by atoms with Gasteiger partial charge in [0.2, 0.25) is 0 Å². The van der Waals surface area contributed by atoms with E-state index < -0.39 is 0 Å². The van der Waals surface area contributed by atoms with Crippen LogP contribution in [0.2, 0.25) is 0 Å². The molecule has 0 bridgehead atoms. The summed E-state index contributed by atoms with van der Waals surface area (Å²) in [5.41, 5.74) is 2.79. The summed E-state index contributed by atoms with van der Waals surface area (Å²) in [6.07, 6.45) is 1.08. The fourth-order valence-corrected chi connectivity index (χ4v) is 1.44. The summed E-state index contributed by atoms with van der Waals surface area (Å²) >= 11 is 6.03. The van der Waals surface area contributed by atoms with Crippen LogP contribution < -0.4 is 0 Å². The highest BCUT2D eigenvalue weighted by atomic mass is 35.5. The van der Waals surface area contributed by atoms with Gasteiger partial charge >= 0.3 is 0 Å². The molecule has 2 unspecified atom stereocenters. The van der Waals surface area contributed by atoms with Gasteiger partial charge in [-0.3, -0.25) is 0 Å². The summed E-state index contributed by atoms with van der Waals surface area (Å²) in [5, 5.41) is 0.250. The number of rotatable bonds is 3. The lowest BCUT2D eigenvalue weighted by atomic mass is 9.95. The fourth-order valence-electron chi connectivity index (χ4n) is 1.35. The summed E-state index contributed by atoms with van der Waals surface area (Å²) in [5.74, 6) is 0.544. The smallest absolute Gasteiger partial charge is 0.0336 e. The fraction of sp³-hybridized carbons (Fsp3) is 0.500. The van der Waals surface area contributed by atoms with Crippen molar-refractivity contribution in [2.45, 2.75) is 32.6 Å². The SMILES string of the molecule is Cc1ccccc1CC(C)C(C)Cl. The van der Waals surface area contributed by atoms with Crippen molar-refractivity contribution in [3.8, 4) is 0 Å². The van der Waals surface area contributed by atoms with Gasteiger partial charge in [-0.05, 0) is 37.3 Å². The third kappa shape index (κ3) is 3.04. The van der Waals surface area contributed by atoms with E-state index in [0.717, 1.165) is 6.42 Å². The molecular weight excluding hydrogens is 180 g/mol. The minimum atomic E-state index is 0.250. The van der Waals surface area contributed by atoms with Crippen LogP contribution in [0.3, 0.4) is 0 Å². The third-order valence-electron chi connectivity index (χ3n) is 2.59. The van der Waals surface area contributed by atoms with Crippen LogP contribution in [0.25, 0.3) is 0 Å². The Balaban J connectivity index is 2.69. The van der Waals surface area contributed by atoms with Crippen molar-refractivity contribution >= 4 is 11.6 Å². The summed E-state index contributed by atoms with van der Waals surface area (Å²) in [4.78, 5) is 0. The molecule has 0 nitrogen and oxygen atoms in total. The summed E-state index contributed by atoms with van der Waals surface area (Å²) in [6.45, 7) is 6.41. The normalized spacial score (nSPS) is 15.4. The van der Waals surface area contributed by atoms with E-state index in [2.05, 4.69) is 45.0 Å². The van der Waals surface area contributed by atoms with Crippen LogP contribution in [0.4, 0.5) is 0 Å². The predicted octanol–water partition coefficient (Wildman–Crippen LogP) is 3.80. The van der Waals surface area contributed by atoms with Crippen molar-refractivity contribution in [2.75, 3.05) is 0 Å². The van der Waals surface area contributed by atoms with Crippen LogP contribution in [0, 0.1) is 12.8 Å². The molecule has 72 valence electrons. The molecule has 0 N–H and O–H groups in total. The first-order valence-electron chi connectivity index (χ1n) is 4.80. The van der Waals surface area contributed by atoms with Crippen molar-refractivity contribution < 1.29 is 0 Å². The van der Waals surface area contributed by atoms with Crippen LogP contribution in [-0.4, -0.2) is 5.38 Å². The number of hydrogen-bond acceptors (Lipinski definition) is 0. The second-order valence-electron chi connectivity index (χ2n) is 3.79. The van der Waals surface area contributed by atoms with Crippen molar-refractivity contribution in [2.24, 2.45) is 5.92 Å². The van der Waals surface area contributed by atoms with Crippen LogP contribution >= 0.6 is 11.6 Å². The Morgan fingerprint density at radius 3 is 2.38 bits per heavy atom. The number of benzene rings is 1. The highest BCUT2D eigenvalue weighted by Crippen LogP contribution is 2.18. The largest absolute Gasteiger partial charge is 0.123 e. The first kappa shape index (κ1) is 10.6. The van der Waals surface area contributed by atoms with Gasteiger partial charge in [-0.15, -0.1) is 11.6 Å². The van der Waals surface area contributed by atoms with E-state index in [4.69, 9.17) is 11.6 Å². The minimum absolute atomic E-state index is 0.250. The van der Waals surface area contributed by atoms with Crippen LogP contribution in [-0.2, 0) is 6.42 Å². The van der Waals surface area contributed by atoms with E-state index in [9.17, 15) is 0 Å². The monoisotopic (exact) mass is 196 g/mol. The van der Waals surface area contributed by atoms with Crippen molar-refractivity contribution in [1.29, 1.82) is 0 Å². The van der Waals surface area contributed by atoms with E-state index in [1.807, 2.05) is 0 Å². The lowest BCUT2D eigenvalue weighted by Crippen LogP contribution is -2.10. The van der Waals surface area contributed by atoms with Crippen molar-refractivity contribution in [1.82, 2.24) is 0 Å². The molecule has 0 aromatic heterocycles. The van der Waals surface area contributed by atoms with Gasteiger partial charge in [0.15, 0.2) is 0 Å². The predicted molar refractivity (Wildman–Crippen MR) is 59.4 cm³/mol. The molecule has 0 heterocycles. The highest BCUT2D eigenvalue weighted by molar-refractivity contribution is 6.20. The van der Waals surface area contributed by atoms with Crippen LogP contribution in [0.15, 0.2) is 24.3 Å². The Morgan fingerprint density at radius 2 is 1.85 bits per heavy atom. The molecule has 1 rings (SSSR count). The maximum Gasteiger partial charge on any atom is 0.0336 e. The zero-order valence-corrected chi connectivity index (χ0v) is 9.31. The van der Waals surface area contributed by atoms with Crippen LogP contribution in [0.1, 0.15) is 25.0 Å². The number of hydrogen-bond donors (Lipinski definition) is 0. The lowest BCUT2D eigenvalue weighted by molar-refractivity contribution is 0.566. The van der Waals surface area contributed by atoms with Crippen LogP contribution in [0.5, 0.6) is 0 Å². The van der Waals surface area contributed by atoms with Gasteiger partial charge in [-0.25, -0.2) is 0 Å². The lowest BCUT2D eigenvalue weighted by Gasteiger charge is -2.14. The summed E-state index contributed by atoms with van der Waals surface area (Å²) < 4.78 is 0. The standard InChI is InChI=1S/C12H17Cl/c1-9-6-4-5-7-12(9)8-10(2)11(3)13/h4-7,10-11H,8H2,1-3H3. The van der Waals surface area contributed by atoms with E-state index >= 15 is 0 Å². The minimum Gasteiger partial charge on any atom is -0.123 e. The molecule has 0 saturated heterocycles. The Kier molecular flexibility index (Phi) is 3.80. The molecule has 1 heteroatoms. The molecule has 0 aliphatic rings. The Morgan fingerprint density at radius 1 is 1.23 bits per heavy atom. The number of alkyl halides is 1. The number of aryl methyl sites for hydroxylation is 1. The zero-order chi connectivity index (χ0) is 9.84. The first-order chi connectivity index (χ1) is 6.11. The van der Waals surface area contributed by atoms with Crippen molar-refractivity contribution in [3.63, 3.8) is 0 Å². The highest BCUT2D eigenvalue weighted by Gasteiger charge is 2.10. The second kappa shape index (κ2) is 4.66. The molecule has 2 atom stereocenters. The number of halogens is 1. The molecule has 13 heavy (non-hydrogen) atoms. The molecule has 0 amide bonds. The van der Waals surface area contributed by atoms with Crippen molar-refractivity contribution in [3.05, 3.63) is 35.4 Å². The topological polar surface area (TPSA) is 0 Å². The average molecular weight is 197 g/mol. The van der Waals surface area contributed by atoms with Gasteiger partial charge in [-0.1, -0.05) is 31.2 Å².